The average Bonchev–Trinajstić information content (AvgIpc) is 2.92. The van der Waals surface area contributed by atoms with Gasteiger partial charge >= 0.3 is 5.97 Å². The third-order valence-electron chi connectivity index (χ3n) is 7.17. The molecule has 3 heteroatoms. The molecule has 0 aromatic rings. The SMILES string of the molecule is CC.CC(=O)OC1CCC2C3CCC4=CC(=O)C=CC4C3CC[C@]12C. The van der Waals surface area contributed by atoms with Gasteiger partial charge in [0.15, 0.2) is 5.78 Å². The van der Waals surface area contributed by atoms with Crippen LogP contribution in [0.1, 0.15) is 66.2 Å². The van der Waals surface area contributed by atoms with Crippen molar-refractivity contribution in [1.82, 2.24) is 0 Å². The van der Waals surface area contributed by atoms with Crippen molar-refractivity contribution in [3.05, 3.63) is 23.8 Å². The Hall–Kier alpha value is -1.38. The van der Waals surface area contributed by atoms with Gasteiger partial charge in [-0.05, 0) is 68.4 Å². The number of fused-ring (bicyclic) bond motifs is 5. The van der Waals surface area contributed by atoms with E-state index in [1.165, 1.54) is 31.8 Å². The van der Waals surface area contributed by atoms with Gasteiger partial charge in [0.25, 0.3) is 0 Å². The molecule has 3 saturated carbocycles. The van der Waals surface area contributed by atoms with Crippen LogP contribution >= 0.6 is 0 Å². The fourth-order valence-electron chi connectivity index (χ4n) is 6.16. The first kappa shape index (κ1) is 18.4. The van der Waals surface area contributed by atoms with Crippen molar-refractivity contribution in [3.63, 3.8) is 0 Å². The third kappa shape index (κ3) is 3.11. The molecule has 0 amide bonds. The highest BCUT2D eigenvalue weighted by molar-refractivity contribution is 6.00. The molecule has 4 aliphatic carbocycles. The van der Waals surface area contributed by atoms with Crippen molar-refractivity contribution >= 4 is 11.8 Å². The Labute approximate surface area is 151 Å². The van der Waals surface area contributed by atoms with Crippen LogP contribution in [-0.4, -0.2) is 17.9 Å². The molecule has 0 bridgehead atoms. The van der Waals surface area contributed by atoms with Crippen molar-refractivity contribution < 1.29 is 14.3 Å². The van der Waals surface area contributed by atoms with E-state index in [1.54, 1.807) is 6.08 Å². The lowest BCUT2D eigenvalue weighted by Crippen LogP contribution is -2.47. The summed E-state index contributed by atoms with van der Waals surface area (Å²) in [6.07, 6.45) is 12.7. The molecule has 0 saturated heterocycles. The predicted octanol–water partition coefficient (Wildman–Crippen LogP) is 4.86. The Kier molecular flexibility index (Phi) is 5.22. The third-order valence-corrected chi connectivity index (χ3v) is 7.17. The second-order valence-electron chi connectivity index (χ2n) is 8.20. The number of carbonyl (C=O) groups is 2. The lowest BCUT2D eigenvalue weighted by molar-refractivity contribution is -0.155. The van der Waals surface area contributed by atoms with Crippen molar-refractivity contribution in [1.29, 1.82) is 0 Å². The molecule has 0 spiro atoms. The van der Waals surface area contributed by atoms with Gasteiger partial charge in [-0.3, -0.25) is 9.59 Å². The summed E-state index contributed by atoms with van der Waals surface area (Å²) in [5.41, 5.74) is 1.51. The molecule has 5 unspecified atom stereocenters. The minimum Gasteiger partial charge on any atom is -0.462 e. The van der Waals surface area contributed by atoms with Crippen molar-refractivity contribution in [2.45, 2.75) is 72.3 Å². The molecule has 6 atom stereocenters. The fourth-order valence-corrected chi connectivity index (χ4v) is 6.16. The first-order chi connectivity index (χ1) is 12.0. The molecule has 138 valence electrons. The lowest BCUT2D eigenvalue weighted by Gasteiger charge is -2.52. The Morgan fingerprint density at radius 2 is 1.92 bits per heavy atom. The Morgan fingerprint density at radius 1 is 1.16 bits per heavy atom. The fraction of sp³-hybridized carbons (Fsp3) is 0.727. The van der Waals surface area contributed by atoms with E-state index < -0.39 is 0 Å². The molecule has 3 nitrogen and oxygen atoms in total. The van der Waals surface area contributed by atoms with Gasteiger partial charge in [0.2, 0.25) is 0 Å². The molecule has 0 aliphatic heterocycles. The highest BCUT2D eigenvalue weighted by Gasteiger charge is 2.57. The van der Waals surface area contributed by atoms with Crippen LogP contribution in [-0.2, 0) is 14.3 Å². The Bertz CT molecular complexity index is 602. The number of ketones is 1. The minimum atomic E-state index is -0.137. The van der Waals surface area contributed by atoms with Crippen LogP contribution in [0.5, 0.6) is 0 Å². The molecule has 4 rings (SSSR count). The molecular weight excluding hydrogens is 312 g/mol. The van der Waals surface area contributed by atoms with E-state index in [-0.39, 0.29) is 23.3 Å². The van der Waals surface area contributed by atoms with Crippen LogP contribution in [0.4, 0.5) is 0 Å². The Morgan fingerprint density at radius 3 is 2.64 bits per heavy atom. The van der Waals surface area contributed by atoms with Gasteiger partial charge in [-0.25, -0.2) is 0 Å². The van der Waals surface area contributed by atoms with Gasteiger partial charge in [-0.1, -0.05) is 32.4 Å². The summed E-state index contributed by atoms with van der Waals surface area (Å²) >= 11 is 0. The van der Waals surface area contributed by atoms with E-state index in [0.29, 0.717) is 23.7 Å². The summed E-state index contributed by atoms with van der Waals surface area (Å²) in [6.45, 7) is 7.88. The smallest absolute Gasteiger partial charge is 0.302 e. The number of hydrogen-bond acceptors (Lipinski definition) is 3. The van der Waals surface area contributed by atoms with Gasteiger partial charge in [0, 0.05) is 18.3 Å². The summed E-state index contributed by atoms with van der Waals surface area (Å²) in [5.74, 6) is 2.55. The molecule has 0 N–H and O–H groups in total. The zero-order valence-corrected chi connectivity index (χ0v) is 16.1. The molecule has 0 radical (unpaired) electrons. The predicted molar refractivity (Wildman–Crippen MR) is 98.9 cm³/mol. The first-order valence-corrected chi connectivity index (χ1v) is 10.1. The topological polar surface area (TPSA) is 43.4 Å². The van der Waals surface area contributed by atoms with E-state index in [4.69, 9.17) is 4.74 Å². The van der Waals surface area contributed by atoms with Crippen LogP contribution in [0.15, 0.2) is 23.8 Å². The zero-order valence-electron chi connectivity index (χ0n) is 16.1. The van der Waals surface area contributed by atoms with Gasteiger partial charge in [0.05, 0.1) is 0 Å². The first-order valence-electron chi connectivity index (χ1n) is 10.1. The summed E-state index contributed by atoms with van der Waals surface area (Å²) in [7, 11) is 0. The standard InChI is InChI=1S/C20H26O3.C2H6/c1-12(21)23-19-8-7-18-17-5-3-13-11-14(22)4-6-15(13)16(17)9-10-20(18,19)2;1-2/h4,6,11,15-19H,3,5,7-10H2,1-2H3;1-2H3/t15?,16?,17?,18?,19?,20-;/m0./s1. The van der Waals surface area contributed by atoms with E-state index in [9.17, 15) is 9.59 Å². The average molecular weight is 344 g/mol. The monoisotopic (exact) mass is 344 g/mol. The van der Waals surface area contributed by atoms with Gasteiger partial charge < -0.3 is 4.74 Å². The number of carbonyl (C=O) groups excluding carboxylic acids is 2. The molecule has 4 aliphatic rings. The molecule has 0 heterocycles. The van der Waals surface area contributed by atoms with Crippen molar-refractivity contribution in [2.75, 3.05) is 0 Å². The second kappa shape index (κ2) is 7.09. The van der Waals surface area contributed by atoms with E-state index in [0.717, 1.165) is 19.3 Å². The van der Waals surface area contributed by atoms with Crippen LogP contribution in [0.25, 0.3) is 0 Å². The Balaban J connectivity index is 0.000000880. The van der Waals surface area contributed by atoms with Gasteiger partial charge in [0.1, 0.15) is 6.10 Å². The molecular formula is C22H32O3. The maximum atomic E-state index is 11.6. The molecule has 25 heavy (non-hydrogen) atoms. The normalized spacial score (nSPS) is 41.5. The molecule has 0 aromatic carbocycles. The largest absolute Gasteiger partial charge is 0.462 e. The number of allylic oxidation sites excluding steroid dienone is 4. The number of ether oxygens (including phenoxy) is 1. The molecule has 0 aromatic heterocycles. The summed E-state index contributed by atoms with van der Waals surface area (Å²) in [4.78, 5) is 23.1. The van der Waals surface area contributed by atoms with Gasteiger partial charge in [-0.2, -0.15) is 0 Å². The number of hydrogen-bond donors (Lipinski definition) is 0. The lowest BCUT2D eigenvalue weighted by atomic mass is 9.53. The maximum absolute atomic E-state index is 11.6. The minimum absolute atomic E-state index is 0.103. The zero-order chi connectivity index (χ0) is 18.2. The molecule has 3 fully saturated rings. The maximum Gasteiger partial charge on any atom is 0.302 e. The van der Waals surface area contributed by atoms with E-state index in [2.05, 4.69) is 13.0 Å². The second-order valence-corrected chi connectivity index (χ2v) is 8.20. The number of esters is 1. The van der Waals surface area contributed by atoms with Crippen LogP contribution in [0.2, 0.25) is 0 Å². The van der Waals surface area contributed by atoms with Crippen LogP contribution in [0, 0.1) is 29.1 Å². The highest BCUT2D eigenvalue weighted by Crippen LogP contribution is 2.61. The number of rotatable bonds is 1. The summed E-state index contributed by atoms with van der Waals surface area (Å²) < 4.78 is 5.68. The van der Waals surface area contributed by atoms with Crippen LogP contribution in [0.3, 0.4) is 0 Å². The highest BCUT2D eigenvalue weighted by atomic mass is 16.5. The quantitative estimate of drug-likeness (QED) is 0.638. The van der Waals surface area contributed by atoms with Crippen molar-refractivity contribution in [3.8, 4) is 0 Å². The summed E-state index contributed by atoms with van der Waals surface area (Å²) in [6, 6.07) is 0. The van der Waals surface area contributed by atoms with Crippen LogP contribution < -0.4 is 0 Å². The van der Waals surface area contributed by atoms with Gasteiger partial charge in [-0.15, -0.1) is 0 Å². The van der Waals surface area contributed by atoms with E-state index in [1.807, 2.05) is 19.9 Å². The summed E-state index contributed by atoms with van der Waals surface area (Å²) in [5, 5.41) is 0. The van der Waals surface area contributed by atoms with Crippen molar-refractivity contribution in [2.24, 2.45) is 29.1 Å². The van der Waals surface area contributed by atoms with E-state index >= 15 is 0 Å².